The van der Waals surface area contributed by atoms with Gasteiger partial charge in [0.25, 0.3) is 5.91 Å². The Kier molecular flexibility index (Phi) is 5.81. The maximum Gasteiger partial charge on any atom is 0.253 e. The molecule has 0 aromatic carbocycles. The molecule has 0 unspecified atom stereocenters. The third-order valence-corrected chi connectivity index (χ3v) is 4.76. The molecule has 4 rings (SSSR count). The van der Waals surface area contributed by atoms with Crippen LogP contribution in [0.3, 0.4) is 0 Å². The van der Waals surface area contributed by atoms with Gasteiger partial charge in [-0.15, -0.1) is 0 Å². The van der Waals surface area contributed by atoms with E-state index >= 15 is 0 Å². The molecule has 8 heteroatoms. The van der Waals surface area contributed by atoms with Crippen LogP contribution < -0.4 is 10.1 Å². The average molecular weight is 394 g/mol. The van der Waals surface area contributed by atoms with Crippen molar-refractivity contribution in [2.75, 3.05) is 13.2 Å². The van der Waals surface area contributed by atoms with Gasteiger partial charge < -0.3 is 19.3 Å². The fourth-order valence-electron chi connectivity index (χ4n) is 3.07. The van der Waals surface area contributed by atoms with Gasteiger partial charge in [0.05, 0.1) is 11.1 Å². The van der Waals surface area contributed by atoms with Crippen molar-refractivity contribution >= 4 is 5.91 Å². The predicted octanol–water partition coefficient (Wildman–Crippen LogP) is 2.93. The summed E-state index contributed by atoms with van der Waals surface area (Å²) in [5.41, 5.74) is 3.76. The van der Waals surface area contributed by atoms with E-state index < -0.39 is 0 Å². The van der Waals surface area contributed by atoms with Crippen molar-refractivity contribution in [1.82, 2.24) is 20.4 Å². The van der Waals surface area contributed by atoms with Gasteiger partial charge in [0.2, 0.25) is 5.88 Å². The van der Waals surface area contributed by atoms with Crippen molar-refractivity contribution in [3.05, 3.63) is 59.7 Å². The maximum absolute atomic E-state index is 12.3. The van der Waals surface area contributed by atoms with E-state index in [1.54, 1.807) is 24.6 Å². The topological polar surface area (TPSA) is 99.4 Å². The first kappa shape index (κ1) is 19.1. The minimum Gasteiger partial charge on any atom is -0.473 e. The van der Waals surface area contributed by atoms with Crippen LogP contribution in [0.5, 0.6) is 5.88 Å². The molecule has 150 valence electrons. The van der Waals surface area contributed by atoms with Crippen LogP contribution in [0, 0.1) is 6.92 Å². The van der Waals surface area contributed by atoms with Crippen molar-refractivity contribution in [2.24, 2.45) is 0 Å². The van der Waals surface area contributed by atoms with Crippen LogP contribution >= 0.6 is 0 Å². The first-order valence-corrected chi connectivity index (χ1v) is 9.53. The van der Waals surface area contributed by atoms with Gasteiger partial charge in [-0.05, 0) is 38.0 Å². The summed E-state index contributed by atoms with van der Waals surface area (Å²) < 4.78 is 16.1. The number of rotatable bonds is 6. The summed E-state index contributed by atoms with van der Waals surface area (Å²) in [6.45, 7) is 3.53. The summed E-state index contributed by atoms with van der Waals surface area (Å²) in [7, 11) is 0. The highest BCUT2D eigenvalue weighted by atomic mass is 16.5. The Morgan fingerprint density at radius 1 is 1.17 bits per heavy atom. The van der Waals surface area contributed by atoms with Crippen molar-refractivity contribution in [2.45, 2.75) is 32.4 Å². The molecule has 1 aliphatic rings. The molecule has 0 aliphatic carbocycles. The highest BCUT2D eigenvalue weighted by molar-refractivity contribution is 5.94. The van der Waals surface area contributed by atoms with Gasteiger partial charge >= 0.3 is 0 Å². The second-order valence-corrected chi connectivity index (χ2v) is 6.91. The number of pyridine rings is 2. The average Bonchev–Trinajstić information content (AvgIpc) is 3.22. The molecule has 1 aliphatic heterocycles. The van der Waals surface area contributed by atoms with Crippen LogP contribution in [0.2, 0.25) is 0 Å². The fraction of sp³-hybridized carbons (Fsp3) is 0.333. The molecule has 0 saturated carbocycles. The van der Waals surface area contributed by atoms with E-state index in [0.717, 1.165) is 29.7 Å². The van der Waals surface area contributed by atoms with Gasteiger partial charge in [0, 0.05) is 49.0 Å². The molecule has 3 aromatic heterocycles. The van der Waals surface area contributed by atoms with E-state index in [0.29, 0.717) is 30.4 Å². The largest absolute Gasteiger partial charge is 0.473 e. The number of amides is 1. The van der Waals surface area contributed by atoms with Crippen LogP contribution in [-0.4, -0.2) is 40.3 Å². The summed E-state index contributed by atoms with van der Waals surface area (Å²) in [6.07, 6.45) is 6.48. The lowest BCUT2D eigenvalue weighted by atomic mass is 10.1. The fourth-order valence-corrected chi connectivity index (χ4v) is 3.07. The smallest absolute Gasteiger partial charge is 0.253 e. The monoisotopic (exact) mass is 394 g/mol. The summed E-state index contributed by atoms with van der Waals surface area (Å²) >= 11 is 0. The Balaban J connectivity index is 1.36. The standard InChI is InChI=1S/C21H22N4O4/c1-14-2-3-15(10-22-14)20-17(13-29-25-20)12-28-19-5-4-16(11-23-19)21(26)24-18-6-8-27-9-7-18/h2-5,10-11,13,18H,6-9,12H2,1H3,(H,24,26). The van der Waals surface area contributed by atoms with Crippen molar-refractivity contribution < 1.29 is 18.8 Å². The van der Waals surface area contributed by atoms with Gasteiger partial charge in [-0.25, -0.2) is 4.98 Å². The highest BCUT2D eigenvalue weighted by Gasteiger charge is 2.17. The summed E-state index contributed by atoms with van der Waals surface area (Å²) in [5.74, 6) is 0.283. The van der Waals surface area contributed by atoms with E-state index in [1.165, 1.54) is 6.20 Å². The van der Waals surface area contributed by atoms with E-state index in [4.69, 9.17) is 14.0 Å². The van der Waals surface area contributed by atoms with Gasteiger partial charge in [-0.2, -0.15) is 0 Å². The zero-order valence-corrected chi connectivity index (χ0v) is 16.1. The first-order chi connectivity index (χ1) is 14.2. The Labute approximate surface area is 168 Å². The molecule has 8 nitrogen and oxygen atoms in total. The lowest BCUT2D eigenvalue weighted by Gasteiger charge is -2.23. The third kappa shape index (κ3) is 4.78. The minimum absolute atomic E-state index is 0.135. The second kappa shape index (κ2) is 8.83. The Bertz CT molecular complexity index is 948. The SMILES string of the molecule is Cc1ccc(-c2nocc2COc2ccc(C(=O)NC3CCOCC3)cn2)cn1. The lowest BCUT2D eigenvalue weighted by molar-refractivity contribution is 0.0696. The molecule has 0 bridgehead atoms. The molecule has 1 saturated heterocycles. The first-order valence-electron chi connectivity index (χ1n) is 9.53. The number of ether oxygens (including phenoxy) is 2. The molecule has 0 atom stereocenters. The van der Waals surface area contributed by atoms with E-state index in [2.05, 4.69) is 20.4 Å². The Morgan fingerprint density at radius 2 is 2.03 bits per heavy atom. The van der Waals surface area contributed by atoms with Gasteiger partial charge in [-0.3, -0.25) is 9.78 Å². The van der Waals surface area contributed by atoms with Crippen LogP contribution in [0.1, 0.15) is 34.5 Å². The number of nitrogens with one attached hydrogen (secondary N) is 1. The van der Waals surface area contributed by atoms with E-state index in [1.807, 2.05) is 19.1 Å². The number of aromatic nitrogens is 3. The molecule has 29 heavy (non-hydrogen) atoms. The van der Waals surface area contributed by atoms with Crippen LogP contribution in [0.4, 0.5) is 0 Å². The Morgan fingerprint density at radius 3 is 2.76 bits per heavy atom. The maximum atomic E-state index is 12.3. The van der Waals surface area contributed by atoms with E-state index in [9.17, 15) is 4.79 Å². The number of carbonyl (C=O) groups excluding carboxylic acids is 1. The number of hydrogen-bond donors (Lipinski definition) is 1. The van der Waals surface area contributed by atoms with Crippen LogP contribution in [-0.2, 0) is 11.3 Å². The second-order valence-electron chi connectivity index (χ2n) is 6.91. The number of aryl methyl sites for hydroxylation is 1. The lowest BCUT2D eigenvalue weighted by Crippen LogP contribution is -2.38. The molecule has 4 heterocycles. The molecule has 1 amide bonds. The van der Waals surface area contributed by atoms with Crippen molar-refractivity contribution in [1.29, 1.82) is 0 Å². The summed E-state index contributed by atoms with van der Waals surface area (Å²) in [4.78, 5) is 20.9. The Hall–Kier alpha value is -3.26. The zero-order valence-electron chi connectivity index (χ0n) is 16.1. The molecule has 0 radical (unpaired) electrons. The minimum atomic E-state index is -0.135. The molecule has 0 spiro atoms. The molecular weight excluding hydrogens is 372 g/mol. The van der Waals surface area contributed by atoms with E-state index in [-0.39, 0.29) is 18.6 Å². The molecular formula is C21H22N4O4. The third-order valence-electron chi connectivity index (χ3n) is 4.76. The highest BCUT2D eigenvalue weighted by Crippen LogP contribution is 2.23. The number of hydrogen-bond acceptors (Lipinski definition) is 7. The number of nitrogens with zero attached hydrogens (tertiary/aromatic N) is 3. The van der Waals surface area contributed by atoms with Crippen LogP contribution in [0.15, 0.2) is 47.4 Å². The van der Waals surface area contributed by atoms with Gasteiger partial charge in [0.1, 0.15) is 18.6 Å². The molecule has 1 N–H and O–H groups in total. The molecule has 1 fully saturated rings. The van der Waals surface area contributed by atoms with Crippen molar-refractivity contribution in [3.63, 3.8) is 0 Å². The van der Waals surface area contributed by atoms with Crippen LogP contribution in [0.25, 0.3) is 11.3 Å². The van der Waals surface area contributed by atoms with Gasteiger partial charge in [0.15, 0.2) is 0 Å². The molecule has 3 aromatic rings. The van der Waals surface area contributed by atoms with Gasteiger partial charge in [-0.1, -0.05) is 5.16 Å². The summed E-state index contributed by atoms with van der Waals surface area (Å²) in [6, 6.07) is 7.39. The quantitative estimate of drug-likeness (QED) is 0.686. The normalized spacial score (nSPS) is 14.5. The predicted molar refractivity (Wildman–Crippen MR) is 104 cm³/mol. The zero-order chi connectivity index (χ0) is 20.1. The number of carbonyl (C=O) groups is 1. The summed E-state index contributed by atoms with van der Waals surface area (Å²) in [5, 5.41) is 7.06. The van der Waals surface area contributed by atoms with Crippen molar-refractivity contribution in [3.8, 4) is 17.1 Å².